The predicted octanol–water partition coefficient (Wildman–Crippen LogP) is 1.04. The van der Waals surface area contributed by atoms with Crippen LogP contribution in [0.3, 0.4) is 0 Å². The van der Waals surface area contributed by atoms with E-state index in [0.29, 0.717) is 17.5 Å². The van der Waals surface area contributed by atoms with Crippen LogP contribution < -0.4 is 9.47 Å². The van der Waals surface area contributed by atoms with E-state index in [2.05, 4.69) is 10.7 Å². The first-order valence-electron chi connectivity index (χ1n) is 9.43. The Morgan fingerprint density at radius 3 is 2.35 bits per heavy atom. The second kappa shape index (κ2) is 10.0. The molecule has 0 unspecified atom stereocenters. The van der Waals surface area contributed by atoms with Gasteiger partial charge in [-0.2, -0.15) is 8.78 Å². The fourth-order valence-electron chi connectivity index (χ4n) is 3.20. The van der Waals surface area contributed by atoms with E-state index in [1.807, 2.05) is 0 Å². The van der Waals surface area contributed by atoms with Gasteiger partial charge in [0.05, 0.1) is 6.61 Å². The minimum atomic E-state index is -2.92. The number of rotatable bonds is 7. The highest BCUT2D eigenvalue weighted by molar-refractivity contribution is 5.46. The smallest absolute Gasteiger partial charge is 0.387 e. The number of terminal acetylenes is 1. The van der Waals surface area contributed by atoms with Gasteiger partial charge in [0.15, 0.2) is 0 Å². The lowest BCUT2D eigenvalue weighted by molar-refractivity contribution is -0.277. The highest BCUT2D eigenvalue weighted by atomic mass is 19.3. The van der Waals surface area contributed by atoms with Crippen molar-refractivity contribution in [3.63, 3.8) is 0 Å². The number of aliphatic hydroxyl groups excluding tert-OH is 4. The molecular weight excluding hydrogens is 414 g/mol. The molecule has 1 saturated heterocycles. The molecule has 0 aromatic heterocycles. The largest absolute Gasteiger partial charge is 0.462 e. The van der Waals surface area contributed by atoms with Gasteiger partial charge in [0.1, 0.15) is 35.9 Å². The van der Waals surface area contributed by atoms with Gasteiger partial charge in [0.25, 0.3) is 0 Å². The van der Waals surface area contributed by atoms with Gasteiger partial charge in [0.2, 0.25) is 6.29 Å². The molecule has 2 aromatic rings. The minimum Gasteiger partial charge on any atom is -0.462 e. The third-order valence-corrected chi connectivity index (χ3v) is 4.87. The summed E-state index contributed by atoms with van der Waals surface area (Å²) < 4.78 is 40.1. The molecule has 0 spiro atoms. The highest BCUT2D eigenvalue weighted by Gasteiger charge is 2.44. The highest BCUT2D eigenvalue weighted by Crippen LogP contribution is 2.29. The molecule has 3 rings (SSSR count). The van der Waals surface area contributed by atoms with E-state index in [-0.39, 0.29) is 11.5 Å². The van der Waals surface area contributed by atoms with Crippen LogP contribution in [0.1, 0.15) is 16.7 Å². The normalized spacial score (nSPS) is 25.8. The Kier molecular flexibility index (Phi) is 7.43. The number of ether oxygens (including phenoxy) is 3. The van der Waals surface area contributed by atoms with E-state index < -0.39 is 43.9 Å². The molecule has 1 fully saturated rings. The van der Waals surface area contributed by atoms with Gasteiger partial charge < -0.3 is 34.6 Å². The second-order valence-corrected chi connectivity index (χ2v) is 6.98. The van der Waals surface area contributed by atoms with E-state index in [1.54, 1.807) is 30.3 Å². The number of benzene rings is 2. The molecule has 0 radical (unpaired) electrons. The molecular formula is C22H22F2O7. The van der Waals surface area contributed by atoms with E-state index in [4.69, 9.17) is 15.9 Å². The molecule has 0 saturated carbocycles. The van der Waals surface area contributed by atoms with Gasteiger partial charge >= 0.3 is 6.61 Å². The Morgan fingerprint density at radius 2 is 1.74 bits per heavy atom. The van der Waals surface area contributed by atoms with Gasteiger partial charge in [0, 0.05) is 12.0 Å². The zero-order valence-corrected chi connectivity index (χ0v) is 16.3. The standard InChI is InChI=1S/C22H22F2O7/c1-2-12-3-6-14(9-13-4-7-15(8-5-13)29-22(23)24)16(10-12)30-21-20(28)19(27)18(26)17(11-25)31-21/h1,3-8,10,17-22,25-28H,9,11H2/t17-,18-,19+,20-,21-/m1/s1. The lowest BCUT2D eigenvalue weighted by atomic mass is 9.99. The summed E-state index contributed by atoms with van der Waals surface area (Å²) in [6.45, 7) is -3.50. The van der Waals surface area contributed by atoms with Crippen molar-refractivity contribution in [3.05, 3.63) is 59.2 Å². The summed E-state index contributed by atoms with van der Waals surface area (Å²) in [4.78, 5) is 0. The van der Waals surface area contributed by atoms with Crippen LogP contribution in [-0.4, -0.2) is 64.4 Å². The molecule has 2 aromatic carbocycles. The van der Waals surface area contributed by atoms with Crippen LogP contribution in [0.15, 0.2) is 42.5 Å². The maximum Gasteiger partial charge on any atom is 0.387 e. The van der Waals surface area contributed by atoms with Crippen LogP contribution in [0.4, 0.5) is 8.78 Å². The maximum atomic E-state index is 12.3. The predicted molar refractivity (Wildman–Crippen MR) is 105 cm³/mol. The molecule has 31 heavy (non-hydrogen) atoms. The Balaban J connectivity index is 1.82. The van der Waals surface area contributed by atoms with Crippen molar-refractivity contribution in [2.75, 3.05) is 6.61 Å². The maximum absolute atomic E-state index is 12.3. The summed E-state index contributed by atoms with van der Waals surface area (Å²) >= 11 is 0. The van der Waals surface area contributed by atoms with Crippen molar-refractivity contribution in [2.24, 2.45) is 0 Å². The van der Waals surface area contributed by atoms with E-state index in [9.17, 15) is 29.2 Å². The van der Waals surface area contributed by atoms with E-state index in [1.165, 1.54) is 12.1 Å². The number of halogens is 2. The zero-order chi connectivity index (χ0) is 22.5. The molecule has 1 aliphatic rings. The minimum absolute atomic E-state index is 0.0271. The van der Waals surface area contributed by atoms with Crippen molar-refractivity contribution >= 4 is 0 Å². The fraction of sp³-hybridized carbons (Fsp3) is 0.364. The number of hydrogen-bond acceptors (Lipinski definition) is 7. The Morgan fingerprint density at radius 1 is 1.03 bits per heavy atom. The number of hydrogen-bond donors (Lipinski definition) is 4. The lowest BCUT2D eigenvalue weighted by Gasteiger charge is -2.39. The SMILES string of the molecule is C#Cc1ccc(Cc2ccc(OC(F)F)cc2)c(O[C@@H]2O[C@H](CO)[C@@H](O)[C@H](O)[C@H]2O)c1. The topological polar surface area (TPSA) is 109 Å². The first-order chi connectivity index (χ1) is 14.8. The van der Waals surface area contributed by atoms with Crippen molar-refractivity contribution < 1.29 is 43.4 Å². The molecule has 1 aliphatic heterocycles. The van der Waals surface area contributed by atoms with Crippen molar-refractivity contribution in [1.29, 1.82) is 0 Å². The second-order valence-electron chi connectivity index (χ2n) is 6.98. The number of alkyl halides is 2. The molecule has 9 heteroatoms. The molecule has 0 aliphatic carbocycles. The molecule has 166 valence electrons. The Bertz CT molecular complexity index is 911. The molecule has 0 bridgehead atoms. The molecule has 0 amide bonds. The third kappa shape index (κ3) is 5.50. The van der Waals surface area contributed by atoms with Crippen LogP contribution in [0.5, 0.6) is 11.5 Å². The third-order valence-electron chi connectivity index (χ3n) is 4.87. The van der Waals surface area contributed by atoms with Crippen LogP contribution in [0.25, 0.3) is 0 Å². The van der Waals surface area contributed by atoms with Crippen LogP contribution >= 0.6 is 0 Å². The average Bonchev–Trinajstić information content (AvgIpc) is 2.76. The Labute approximate surface area is 177 Å². The van der Waals surface area contributed by atoms with Gasteiger partial charge in [-0.15, -0.1) is 6.42 Å². The van der Waals surface area contributed by atoms with Crippen molar-refractivity contribution in [3.8, 4) is 23.8 Å². The summed E-state index contributed by atoms with van der Waals surface area (Å²) in [5.41, 5.74) is 1.89. The lowest BCUT2D eigenvalue weighted by Crippen LogP contribution is -2.60. The van der Waals surface area contributed by atoms with Crippen molar-refractivity contribution in [2.45, 2.75) is 43.7 Å². The summed E-state index contributed by atoms with van der Waals surface area (Å²) in [5, 5.41) is 39.5. The summed E-state index contributed by atoms with van der Waals surface area (Å²) in [5.74, 6) is 2.75. The number of aliphatic hydroxyl groups is 4. The molecule has 1 heterocycles. The van der Waals surface area contributed by atoms with Gasteiger partial charge in [-0.3, -0.25) is 0 Å². The summed E-state index contributed by atoms with van der Waals surface area (Å²) in [6, 6.07) is 11.0. The van der Waals surface area contributed by atoms with Crippen LogP contribution in [0, 0.1) is 12.3 Å². The van der Waals surface area contributed by atoms with Crippen LogP contribution in [-0.2, 0) is 11.2 Å². The molecule has 7 nitrogen and oxygen atoms in total. The van der Waals surface area contributed by atoms with Gasteiger partial charge in [-0.1, -0.05) is 24.1 Å². The summed E-state index contributed by atoms with van der Waals surface area (Å²) in [7, 11) is 0. The Hall–Kier alpha value is -2.74. The van der Waals surface area contributed by atoms with Gasteiger partial charge in [-0.25, -0.2) is 0 Å². The van der Waals surface area contributed by atoms with Crippen molar-refractivity contribution in [1.82, 2.24) is 0 Å². The first kappa shape index (κ1) is 22.9. The van der Waals surface area contributed by atoms with Crippen LogP contribution in [0.2, 0.25) is 0 Å². The quantitative estimate of drug-likeness (QED) is 0.481. The molecule has 5 atom stereocenters. The van der Waals surface area contributed by atoms with E-state index in [0.717, 1.165) is 5.56 Å². The average molecular weight is 436 g/mol. The van der Waals surface area contributed by atoms with E-state index >= 15 is 0 Å². The fourth-order valence-corrected chi connectivity index (χ4v) is 3.20. The summed E-state index contributed by atoms with van der Waals surface area (Å²) in [6.07, 6.45) is -1.38. The van der Waals surface area contributed by atoms with Gasteiger partial charge in [-0.05, 0) is 35.4 Å². The first-order valence-corrected chi connectivity index (χ1v) is 9.43. The monoisotopic (exact) mass is 436 g/mol. The zero-order valence-electron chi connectivity index (χ0n) is 16.3. The molecule has 4 N–H and O–H groups in total.